The van der Waals surface area contributed by atoms with Gasteiger partial charge >= 0.3 is 0 Å². The number of rotatable bonds is 3. The average molecular weight is 254 g/mol. The van der Waals surface area contributed by atoms with E-state index in [2.05, 4.69) is 0 Å². The number of Topliss-reactive ketones (excluding diaryl/α,β-unsaturated/α-hetero) is 1. The Morgan fingerprint density at radius 1 is 1.41 bits per heavy atom. The number of fused-ring (bicyclic) bond motifs is 1. The number of anilines is 1. The summed E-state index contributed by atoms with van der Waals surface area (Å²) in [6.45, 7) is 2.11. The molecule has 17 heavy (non-hydrogen) atoms. The van der Waals surface area contributed by atoms with Gasteiger partial charge < -0.3 is 10.0 Å². The van der Waals surface area contributed by atoms with Crippen molar-refractivity contribution in [1.82, 2.24) is 0 Å². The average Bonchev–Trinajstić information content (AvgIpc) is 2.54. The van der Waals surface area contributed by atoms with Crippen molar-refractivity contribution < 1.29 is 14.7 Å². The molecule has 1 aromatic rings. The number of benzene rings is 1. The van der Waals surface area contributed by atoms with Crippen molar-refractivity contribution in [2.45, 2.75) is 6.92 Å². The van der Waals surface area contributed by atoms with Crippen molar-refractivity contribution in [2.75, 3.05) is 18.1 Å². The molecule has 1 aliphatic rings. The fraction of sp³-hybridized carbons (Fsp3) is 0.333. The lowest BCUT2D eigenvalue weighted by Gasteiger charge is -2.19. The topological polar surface area (TPSA) is 57.6 Å². The molecule has 1 aromatic carbocycles. The van der Waals surface area contributed by atoms with Crippen LogP contribution in [0.3, 0.4) is 0 Å². The van der Waals surface area contributed by atoms with Crippen molar-refractivity contribution >= 4 is 29.0 Å². The molecule has 2 rings (SSSR count). The van der Waals surface area contributed by atoms with Gasteiger partial charge in [-0.3, -0.25) is 9.59 Å². The minimum Gasteiger partial charge on any atom is -0.396 e. The summed E-state index contributed by atoms with van der Waals surface area (Å²) in [5.74, 6) is -1.16. The molecular formula is C12H12ClNO3. The van der Waals surface area contributed by atoms with Gasteiger partial charge in [-0.15, -0.1) is 0 Å². The van der Waals surface area contributed by atoms with Gasteiger partial charge in [0, 0.05) is 18.2 Å². The summed E-state index contributed by atoms with van der Waals surface area (Å²) in [6, 6.07) is 4.80. The molecule has 90 valence electrons. The van der Waals surface area contributed by atoms with Crippen molar-refractivity contribution in [2.24, 2.45) is 5.92 Å². The van der Waals surface area contributed by atoms with Crippen LogP contribution in [-0.4, -0.2) is 29.9 Å². The monoisotopic (exact) mass is 253 g/mol. The summed E-state index contributed by atoms with van der Waals surface area (Å²) in [5, 5.41) is 9.43. The summed E-state index contributed by atoms with van der Waals surface area (Å²) >= 11 is 5.80. The molecule has 0 fully saturated rings. The quantitative estimate of drug-likeness (QED) is 0.831. The van der Waals surface area contributed by atoms with Crippen LogP contribution in [0.1, 0.15) is 17.3 Å². The van der Waals surface area contributed by atoms with E-state index in [9.17, 15) is 9.59 Å². The Labute approximate surface area is 104 Å². The highest BCUT2D eigenvalue weighted by Gasteiger charge is 2.36. The Morgan fingerprint density at radius 3 is 2.76 bits per heavy atom. The van der Waals surface area contributed by atoms with Crippen LogP contribution in [0.5, 0.6) is 0 Å². The first-order valence-corrected chi connectivity index (χ1v) is 5.69. The predicted octanol–water partition coefficient (Wildman–Crippen LogP) is 1.50. The fourth-order valence-corrected chi connectivity index (χ4v) is 2.00. The first-order valence-electron chi connectivity index (χ1n) is 5.31. The van der Waals surface area contributed by atoms with Gasteiger partial charge in [0.1, 0.15) is 0 Å². The first-order chi connectivity index (χ1) is 8.04. The number of halogens is 1. The van der Waals surface area contributed by atoms with E-state index in [1.54, 1.807) is 12.1 Å². The molecule has 1 aliphatic heterocycles. The van der Waals surface area contributed by atoms with E-state index in [-0.39, 0.29) is 12.5 Å². The number of hydrogen-bond donors (Lipinski definition) is 1. The lowest BCUT2D eigenvalue weighted by Crippen LogP contribution is -2.34. The number of aliphatic hydroxyl groups excluding tert-OH is 1. The second kappa shape index (κ2) is 4.47. The van der Waals surface area contributed by atoms with E-state index in [1.807, 2.05) is 6.92 Å². The summed E-state index contributed by atoms with van der Waals surface area (Å²) in [6.07, 6.45) is 0. The molecule has 4 nitrogen and oxygen atoms in total. The molecule has 1 unspecified atom stereocenters. The Hall–Kier alpha value is -1.39. The summed E-state index contributed by atoms with van der Waals surface area (Å²) in [7, 11) is 0. The molecule has 1 heterocycles. The molecule has 0 radical (unpaired) electrons. The number of hydrogen-bond acceptors (Lipinski definition) is 3. The Balaban J connectivity index is 2.38. The van der Waals surface area contributed by atoms with Gasteiger partial charge in [0.25, 0.3) is 11.7 Å². The van der Waals surface area contributed by atoms with Crippen molar-refractivity contribution in [3.63, 3.8) is 0 Å². The summed E-state index contributed by atoms with van der Waals surface area (Å²) in [4.78, 5) is 24.9. The largest absolute Gasteiger partial charge is 0.396 e. The highest BCUT2D eigenvalue weighted by molar-refractivity contribution is 6.52. The van der Waals surface area contributed by atoms with Crippen LogP contribution in [-0.2, 0) is 4.79 Å². The number of aliphatic hydroxyl groups is 1. The zero-order chi connectivity index (χ0) is 12.6. The molecule has 1 N–H and O–H groups in total. The van der Waals surface area contributed by atoms with Crippen LogP contribution >= 0.6 is 11.6 Å². The van der Waals surface area contributed by atoms with E-state index in [0.29, 0.717) is 22.8 Å². The summed E-state index contributed by atoms with van der Waals surface area (Å²) in [5.41, 5.74) is 0.914. The second-order valence-electron chi connectivity index (χ2n) is 4.19. The number of carbonyl (C=O) groups excluding carboxylic acids is 2. The number of nitrogens with zero attached hydrogens (tertiary/aromatic N) is 1. The van der Waals surface area contributed by atoms with Crippen LogP contribution in [0.25, 0.3) is 0 Å². The van der Waals surface area contributed by atoms with Crippen molar-refractivity contribution in [1.29, 1.82) is 0 Å². The van der Waals surface area contributed by atoms with Gasteiger partial charge in [0.2, 0.25) is 0 Å². The second-order valence-corrected chi connectivity index (χ2v) is 4.63. The van der Waals surface area contributed by atoms with E-state index in [4.69, 9.17) is 16.7 Å². The lowest BCUT2D eigenvalue weighted by atomic mass is 10.1. The van der Waals surface area contributed by atoms with Gasteiger partial charge in [0.15, 0.2) is 0 Å². The molecule has 0 aromatic heterocycles. The van der Waals surface area contributed by atoms with E-state index < -0.39 is 11.7 Å². The molecule has 1 atom stereocenters. The first kappa shape index (κ1) is 12.1. The Morgan fingerprint density at radius 2 is 2.12 bits per heavy atom. The van der Waals surface area contributed by atoms with Gasteiger partial charge in [-0.1, -0.05) is 18.5 Å². The normalized spacial score (nSPS) is 16.3. The molecule has 5 heteroatoms. The molecular weight excluding hydrogens is 242 g/mol. The van der Waals surface area contributed by atoms with Crippen molar-refractivity contribution in [3.8, 4) is 0 Å². The molecule has 1 amide bonds. The van der Waals surface area contributed by atoms with Crippen LogP contribution in [0.4, 0.5) is 5.69 Å². The van der Waals surface area contributed by atoms with E-state index >= 15 is 0 Å². The number of ketones is 1. The molecule has 0 saturated heterocycles. The zero-order valence-corrected chi connectivity index (χ0v) is 10.1. The molecule has 0 bridgehead atoms. The standard InChI is InChI=1S/C12H12ClNO3/c1-7(6-15)5-14-10-3-2-8(13)4-9(10)11(16)12(14)17/h2-4,7,15H,5-6H2,1H3. The summed E-state index contributed by atoms with van der Waals surface area (Å²) < 4.78 is 0. The van der Waals surface area contributed by atoms with E-state index in [0.717, 1.165) is 0 Å². The lowest BCUT2D eigenvalue weighted by molar-refractivity contribution is -0.114. The number of carbonyl (C=O) groups is 2. The van der Waals surface area contributed by atoms with Gasteiger partial charge in [-0.2, -0.15) is 0 Å². The molecule has 0 aliphatic carbocycles. The third kappa shape index (κ3) is 2.06. The minimum atomic E-state index is -0.553. The highest BCUT2D eigenvalue weighted by atomic mass is 35.5. The maximum Gasteiger partial charge on any atom is 0.299 e. The van der Waals surface area contributed by atoms with Crippen LogP contribution in [0.15, 0.2) is 18.2 Å². The smallest absolute Gasteiger partial charge is 0.299 e. The Bertz CT molecular complexity index is 487. The SMILES string of the molecule is CC(CO)CN1C(=O)C(=O)c2cc(Cl)ccc21. The third-order valence-corrected chi connectivity index (χ3v) is 2.97. The Kier molecular flexibility index (Phi) is 3.17. The van der Waals surface area contributed by atoms with Gasteiger partial charge in [0.05, 0.1) is 11.3 Å². The van der Waals surface area contributed by atoms with Crippen LogP contribution < -0.4 is 4.90 Å². The molecule has 0 saturated carbocycles. The van der Waals surface area contributed by atoms with Gasteiger partial charge in [-0.05, 0) is 24.1 Å². The van der Waals surface area contributed by atoms with Crippen LogP contribution in [0.2, 0.25) is 5.02 Å². The maximum absolute atomic E-state index is 11.8. The highest BCUT2D eigenvalue weighted by Crippen LogP contribution is 2.31. The molecule has 0 spiro atoms. The van der Waals surface area contributed by atoms with Gasteiger partial charge in [-0.25, -0.2) is 0 Å². The number of amides is 1. The van der Waals surface area contributed by atoms with E-state index in [1.165, 1.54) is 11.0 Å². The third-order valence-electron chi connectivity index (χ3n) is 2.74. The zero-order valence-electron chi connectivity index (χ0n) is 9.31. The fourth-order valence-electron chi connectivity index (χ4n) is 1.82. The maximum atomic E-state index is 11.8. The van der Waals surface area contributed by atoms with Crippen molar-refractivity contribution in [3.05, 3.63) is 28.8 Å². The minimum absolute atomic E-state index is 0.0269. The predicted molar refractivity (Wildman–Crippen MR) is 64.4 cm³/mol. The van der Waals surface area contributed by atoms with Crippen LogP contribution in [0, 0.1) is 5.92 Å².